The molecule has 7 nitrogen and oxygen atoms in total. The monoisotopic (exact) mass is 466 g/mol. The summed E-state index contributed by atoms with van der Waals surface area (Å²) < 4.78 is 16.1. The first-order valence-corrected chi connectivity index (χ1v) is 11.6. The van der Waals surface area contributed by atoms with Crippen molar-refractivity contribution in [2.45, 2.75) is 25.4 Å². The highest BCUT2D eigenvalue weighted by Crippen LogP contribution is 2.43. The summed E-state index contributed by atoms with van der Waals surface area (Å²) in [6.07, 6.45) is 3.55. The topological polar surface area (TPSA) is 85.1 Å². The van der Waals surface area contributed by atoms with Crippen LogP contribution in [-0.4, -0.2) is 48.1 Å². The number of nitrogens with zero attached hydrogens (tertiary/aromatic N) is 5. The Balaban J connectivity index is 1.57. The molecule has 6 rings (SSSR count). The van der Waals surface area contributed by atoms with Gasteiger partial charge in [0, 0.05) is 43.3 Å². The molecule has 2 aromatic heterocycles. The highest BCUT2D eigenvalue weighted by Gasteiger charge is 2.41. The van der Waals surface area contributed by atoms with Gasteiger partial charge < -0.3 is 15.1 Å². The Morgan fingerprint density at radius 2 is 2.00 bits per heavy atom. The molecule has 1 fully saturated rings. The summed E-state index contributed by atoms with van der Waals surface area (Å²) in [5.41, 5.74) is 3.59. The number of carbonyl (C=O) groups excluding carboxylic acids is 1. The molecule has 0 saturated carbocycles. The van der Waals surface area contributed by atoms with Crippen LogP contribution in [0.1, 0.15) is 12.0 Å². The number of aryl methyl sites for hydroxylation is 1. The first-order chi connectivity index (χ1) is 17.0. The van der Waals surface area contributed by atoms with Crippen LogP contribution in [0.2, 0.25) is 0 Å². The average Bonchev–Trinajstić information content (AvgIpc) is 2.87. The number of piperazine rings is 1. The van der Waals surface area contributed by atoms with Crippen LogP contribution in [0.4, 0.5) is 15.8 Å². The molecule has 4 heterocycles. The van der Waals surface area contributed by atoms with Crippen molar-refractivity contribution >= 4 is 39.0 Å². The Kier molecular flexibility index (Phi) is 4.90. The summed E-state index contributed by atoms with van der Waals surface area (Å²) >= 11 is 0. The van der Waals surface area contributed by atoms with Gasteiger partial charge in [-0.25, -0.2) is 4.39 Å². The fourth-order valence-corrected chi connectivity index (χ4v) is 5.44. The second-order valence-electron chi connectivity index (χ2n) is 9.19. The predicted octanol–water partition coefficient (Wildman–Crippen LogP) is 3.93. The number of nitrogens with one attached hydrogen (secondary N) is 1. The molecule has 4 aromatic rings. The first-order valence-electron chi connectivity index (χ1n) is 11.6. The number of benzene rings is 2. The molecule has 1 amide bonds. The number of rotatable bonds is 2. The minimum absolute atomic E-state index is 0.0576. The van der Waals surface area contributed by atoms with Gasteiger partial charge in [-0.2, -0.15) is 5.26 Å². The predicted molar refractivity (Wildman–Crippen MR) is 134 cm³/mol. The number of halogens is 1. The third kappa shape index (κ3) is 3.16. The summed E-state index contributed by atoms with van der Waals surface area (Å²) in [5.74, 6) is -0.543. The molecular weight excluding hydrogens is 443 g/mol. The molecule has 0 aliphatic carbocycles. The number of nitriles is 1. The van der Waals surface area contributed by atoms with Gasteiger partial charge in [0.25, 0.3) is 5.91 Å². The van der Waals surface area contributed by atoms with E-state index in [1.165, 1.54) is 0 Å². The van der Waals surface area contributed by atoms with Crippen LogP contribution < -0.4 is 15.1 Å². The standard InChI is InChI=1S/C27H23FN6O/c1-15-5-3-6-16-7-4-8-18(22(15)16)24-23(28)25-19(11-31-24)26-20(12-32-25)33(2)27(35)21-13-30-17(9-10-29)14-34(21)26/h3-8,11-12,17,21,30H,9,13-14H2,1-2H3. The van der Waals surface area contributed by atoms with E-state index in [9.17, 15) is 10.1 Å². The van der Waals surface area contributed by atoms with Gasteiger partial charge in [-0.15, -0.1) is 0 Å². The number of anilines is 2. The van der Waals surface area contributed by atoms with E-state index in [0.717, 1.165) is 27.6 Å². The van der Waals surface area contributed by atoms with Gasteiger partial charge in [0.15, 0.2) is 5.82 Å². The van der Waals surface area contributed by atoms with Crippen molar-refractivity contribution in [3.63, 3.8) is 0 Å². The van der Waals surface area contributed by atoms with E-state index in [4.69, 9.17) is 0 Å². The maximum absolute atomic E-state index is 16.1. The summed E-state index contributed by atoms with van der Waals surface area (Å²) in [7, 11) is 1.71. The summed E-state index contributed by atoms with van der Waals surface area (Å²) in [6, 6.07) is 13.5. The second kappa shape index (κ2) is 8.00. The van der Waals surface area contributed by atoms with Gasteiger partial charge in [0.2, 0.25) is 0 Å². The number of likely N-dealkylation sites (N-methyl/N-ethyl adjacent to an activating group) is 1. The third-order valence-corrected chi connectivity index (χ3v) is 7.17. The van der Waals surface area contributed by atoms with Gasteiger partial charge in [-0.05, 0) is 23.3 Å². The van der Waals surface area contributed by atoms with Crippen LogP contribution in [0.15, 0.2) is 48.8 Å². The summed E-state index contributed by atoms with van der Waals surface area (Å²) in [5, 5.41) is 15.0. The highest BCUT2D eigenvalue weighted by atomic mass is 19.1. The second-order valence-corrected chi connectivity index (χ2v) is 9.19. The molecule has 1 N–H and O–H groups in total. The Morgan fingerprint density at radius 1 is 1.20 bits per heavy atom. The zero-order valence-corrected chi connectivity index (χ0v) is 19.4. The van der Waals surface area contributed by atoms with E-state index in [0.29, 0.717) is 30.6 Å². The van der Waals surface area contributed by atoms with Gasteiger partial charge in [0.1, 0.15) is 17.3 Å². The molecule has 2 atom stereocenters. The minimum Gasteiger partial charge on any atom is -0.355 e. The maximum Gasteiger partial charge on any atom is 0.250 e. The van der Waals surface area contributed by atoms with Crippen LogP contribution >= 0.6 is 0 Å². The van der Waals surface area contributed by atoms with Crippen LogP contribution in [0, 0.1) is 24.1 Å². The van der Waals surface area contributed by atoms with Gasteiger partial charge >= 0.3 is 0 Å². The van der Waals surface area contributed by atoms with Gasteiger partial charge in [0.05, 0.1) is 30.1 Å². The number of hydrogen-bond donors (Lipinski definition) is 1. The van der Waals surface area contributed by atoms with E-state index in [2.05, 4.69) is 21.4 Å². The van der Waals surface area contributed by atoms with Gasteiger partial charge in [-0.1, -0.05) is 36.4 Å². The molecule has 0 bridgehead atoms. The molecule has 2 unspecified atom stereocenters. The SMILES string of the molecule is Cc1cccc2cccc(-c3ncc4c5c(cnc4c3F)N(C)C(=O)C3CNC(CC#N)CN53)c12. The van der Waals surface area contributed by atoms with Crippen LogP contribution in [0.3, 0.4) is 0 Å². The fraction of sp³-hybridized carbons (Fsp3) is 0.259. The van der Waals surface area contributed by atoms with Crippen LogP contribution in [0.25, 0.3) is 32.9 Å². The summed E-state index contributed by atoms with van der Waals surface area (Å²) in [4.78, 5) is 25.7. The lowest BCUT2D eigenvalue weighted by atomic mass is 9.96. The quantitative estimate of drug-likeness (QED) is 0.482. The van der Waals surface area contributed by atoms with E-state index < -0.39 is 11.9 Å². The van der Waals surface area contributed by atoms with Crippen molar-refractivity contribution in [3.05, 3.63) is 60.2 Å². The Hall–Kier alpha value is -4.09. The van der Waals surface area contributed by atoms with Gasteiger partial charge in [-0.3, -0.25) is 14.8 Å². The molecule has 35 heavy (non-hydrogen) atoms. The zero-order valence-electron chi connectivity index (χ0n) is 19.4. The number of hydrogen-bond acceptors (Lipinski definition) is 6. The van der Waals surface area contributed by atoms with E-state index >= 15 is 4.39 Å². The number of pyridine rings is 2. The Morgan fingerprint density at radius 3 is 2.80 bits per heavy atom. The lowest BCUT2D eigenvalue weighted by molar-refractivity contribution is -0.120. The van der Waals surface area contributed by atoms with E-state index in [1.54, 1.807) is 24.3 Å². The Bertz CT molecular complexity index is 1560. The smallest absolute Gasteiger partial charge is 0.250 e. The van der Waals surface area contributed by atoms with Crippen molar-refractivity contribution in [2.75, 3.05) is 29.9 Å². The molecule has 8 heteroatoms. The fourth-order valence-electron chi connectivity index (χ4n) is 5.44. The van der Waals surface area contributed by atoms with Crippen molar-refractivity contribution in [2.24, 2.45) is 0 Å². The number of aromatic nitrogens is 2. The third-order valence-electron chi connectivity index (χ3n) is 7.17. The van der Waals surface area contributed by atoms with Crippen molar-refractivity contribution in [1.82, 2.24) is 15.3 Å². The molecule has 2 aromatic carbocycles. The van der Waals surface area contributed by atoms with Crippen LogP contribution in [0.5, 0.6) is 0 Å². The molecule has 1 saturated heterocycles. The molecule has 2 aliphatic heterocycles. The molecular formula is C27H23FN6O. The summed E-state index contributed by atoms with van der Waals surface area (Å²) in [6.45, 7) is 2.90. The molecule has 0 radical (unpaired) electrons. The average molecular weight is 467 g/mol. The lowest BCUT2D eigenvalue weighted by Gasteiger charge is -2.46. The van der Waals surface area contributed by atoms with E-state index in [-0.39, 0.29) is 23.2 Å². The van der Waals surface area contributed by atoms with Crippen LogP contribution in [-0.2, 0) is 4.79 Å². The van der Waals surface area contributed by atoms with Crippen molar-refractivity contribution in [3.8, 4) is 17.3 Å². The van der Waals surface area contributed by atoms with Crippen molar-refractivity contribution < 1.29 is 9.18 Å². The Labute approximate surface area is 201 Å². The zero-order chi connectivity index (χ0) is 24.3. The largest absolute Gasteiger partial charge is 0.355 e. The first kappa shape index (κ1) is 21.4. The number of amides is 1. The van der Waals surface area contributed by atoms with Crippen molar-refractivity contribution in [1.29, 1.82) is 5.26 Å². The molecule has 174 valence electrons. The normalized spacial score (nSPS) is 19.5. The van der Waals surface area contributed by atoms with E-state index in [1.807, 2.05) is 48.2 Å². The maximum atomic E-state index is 16.1. The molecule has 0 spiro atoms. The highest BCUT2D eigenvalue weighted by molar-refractivity contribution is 6.12. The lowest BCUT2D eigenvalue weighted by Crippen LogP contribution is -2.64. The molecule has 2 aliphatic rings. The minimum atomic E-state index is -0.485. The number of fused-ring (bicyclic) bond motifs is 6. The number of carbonyl (C=O) groups is 1.